The molecule has 0 unspecified atom stereocenters. The Balaban J connectivity index is 1.58. The van der Waals surface area contributed by atoms with Crippen molar-refractivity contribution in [2.24, 2.45) is 56.4 Å². The summed E-state index contributed by atoms with van der Waals surface area (Å²) in [5.74, 6) is 3.10. The van der Waals surface area contributed by atoms with Gasteiger partial charge in [0.25, 0.3) is 0 Å². The molecule has 4 fully saturated rings. The van der Waals surface area contributed by atoms with Gasteiger partial charge < -0.3 is 9.94 Å². The van der Waals surface area contributed by atoms with Crippen LogP contribution in [0.1, 0.15) is 120 Å². The molecule has 8 atom stereocenters. The Labute approximate surface area is 216 Å². The quantitative estimate of drug-likeness (QED) is 0.303. The van der Waals surface area contributed by atoms with E-state index >= 15 is 0 Å². The number of allylic oxidation sites excluding steroid dienone is 2. The smallest absolute Gasteiger partial charge is 0.106 e. The van der Waals surface area contributed by atoms with E-state index in [1.807, 2.05) is 0 Å². The molecular formula is C32H55NO2. The molecule has 0 spiro atoms. The van der Waals surface area contributed by atoms with Crippen molar-refractivity contribution in [3.05, 3.63) is 12.2 Å². The minimum Gasteiger partial charge on any atom is -0.399 e. The first-order chi connectivity index (χ1) is 16.2. The molecule has 0 aromatic heterocycles. The van der Waals surface area contributed by atoms with E-state index in [1.165, 1.54) is 50.7 Å². The Morgan fingerprint density at radius 2 is 1.69 bits per heavy atom. The first-order valence-corrected chi connectivity index (χ1v) is 14.7. The Morgan fingerprint density at radius 3 is 2.34 bits per heavy atom. The highest BCUT2D eigenvalue weighted by molar-refractivity contribution is 5.90. The van der Waals surface area contributed by atoms with Crippen LogP contribution in [0.4, 0.5) is 0 Å². The van der Waals surface area contributed by atoms with Crippen molar-refractivity contribution in [2.45, 2.75) is 125 Å². The van der Waals surface area contributed by atoms with Crippen molar-refractivity contribution in [2.75, 3.05) is 7.11 Å². The van der Waals surface area contributed by atoms with Gasteiger partial charge in [-0.2, -0.15) is 0 Å². The monoisotopic (exact) mass is 485 g/mol. The first kappa shape index (κ1) is 27.2. The van der Waals surface area contributed by atoms with E-state index in [0.29, 0.717) is 39.9 Å². The molecule has 0 saturated heterocycles. The van der Waals surface area contributed by atoms with Gasteiger partial charge in [0.1, 0.15) is 7.11 Å². The van der Waals surface area contributed by atoms with E-state index in [1.54, 1.807) is 7.11 Å². The molecule has 4 saturated carbocycles. The molecule has 0 amide bonds. The van der Waals surface area contributed by atoms with Crippen molar-refractivity contribution < 1.29 is 9.94 Å². The summed E-state index contributed by atoms with van der Waals surface area (Å²) in [6.45, 7) is 19.4. The second-order valence-corrected chi connectivity index (χ2v) is 14.8. The standard InChI is InChI=1S/C32H55NO2/c1-22(2)12-10-11-18-32(8,34)24-15-20-30(6)23(24)13-14-26-29(5)19-17-27(33-35-9)28(3,4)25(29)16-21-31(26,30)7/h10,12,22-26,34H,11,13-21H2,1-9H3/b12-10+,33-27+/t23-,24+,25+,26-,29+,30-,31-,32+/m1/s1. The third kappa shape index (κ3) is 4.15. The normalized spacial score (nSPS) is 45.7. The molecule has 4 rings (SSSR count). The summed E-state index contributed by atoms with van der Waals surface area (Å²) in [6, 6.07) is 0. The van der Waals surface area contributed by atoms with Crippen molar-refractivity contribution in [3.63, 3.8) is 0 Å². The number of fused-ring (bicyclic) bond motifs is 5. The SMILES string of the molecule is CO/N=C1\CC[C@]2(C)[C@H]3CC[C@@H]4[C@@H]([C@@](C)(O)CC/C=C/C(C)C)CC[C@@]4(C)[C@]3(C)CC[C@H]2C1(C)C. The average Bonchev–Trinajstić information content (AvgIpc) is 3.12. The summed E-state index contributed by atoms with van der Waals surface area (Å²) in [7, 11) is 1.70. The van der Waals surface area contributed by atoms with E-state index < -0.39 is 5.60 Å². The van der Waals surface area contributed by atoms with Gasteiger partial charge in [-0.3, -0.25) is 0 Å². The zero-order valence-corrected chi connectivity index (χ0v) is 24.4. The highest BCUT2D eigenvalue weighted by atomic mass is 16.6. The van der Waals surface area contributed by atoms with Gasteiger partial charge in [0.05, 0.1) is 11.3 Å². The highest BCUT2D eigenvalue weighted by Crippen LogP contribution is 2.75. The topological polar surface area (TPSA) is 41.8 Å². The molecule has 0 heterocycles. The van der Waals surface area contributed by atoms with Crippen molar-refractivity contribution >= 4 is 5.71 Å². The Kier molecular flexibility index (Phi) is 7.13. The lowest BCUT2D eigenvalue weighted by atomic mass is 9.35. The molecule has 3 heteroatoms. The highest BCUT2D eigenvalue weighted by Gasteiger charge is 2.69. The fourth-order valence-corrected chi connectivity index (χ4v) is 10.5. The predicted molar refractivity (Wildman–Crippen MR) is 147 cm³/mol. The molecule has 0 aromatic rings. The van der Waals surface area contributed by atoms with Gasteiger partial charge in [0.2, 0.25) is 0 Å². The summed E-state index contributed by atoms with van der Waals surface area (Å²) < 4.78 is 0. The molecule has 0 aliphatic heterocycles. The van der Waals surface area contributed by atoms with Gasteiger partial charge in [-0.25, -0.2) is 0 Å². The van der Waals surface area contributed by atoms with Gasteiger partial charge in [0, 0.05) is 5.41 Å². The maximum atomic E-state index is 11.7. The number of aliphatic hydroxyl groups is 1. The minimum absolute atomic E-state index is 0.105. The Morgan fingerprint density at radius 1 is 1.00 bits per heavy atom. The minimum atomic E-state index is -0.563. The first-order valence-electron chi connectivity index (χ1n) is 14.7. The molecule has 0 bridgehead atoms. The summed E-state index contributed by atoms with van der Waals surface area (Å²) in [5, 5.41) is 16.2. The summed E-state index contributed by atoms with van der Waals surface area (Å²) in [4.78, 5) is 5.28. The molecule has 0 aromatic carbocycles. The molecule has 0 radical (unpaired) electrons. The maximum absolute atomic E-state index is 11.7. The number of rotatable bonds is 6. The molecule has 4 aliphatic carbocycles. The summed E-state index contributed by atoms with van der Waals surface area (Å²) >= 11 is 0. The van der Waals surface area contributed by atoms with Gasteiger partial charge in [-0.15, -0.1) is 0 Å². The van der Waals surface area contributed by atoms with Crippen LogP contribution in [0.25, 0.3) is 0 Å². The van der Waals surface area contributed by atoms with Crippen LogP contribution in [0, 0.1) is 51.2 Å². The number of nitrogens with zero attached hydrogens (tertiary/aromatic N) is 1. The van der Waals surface area contributed by atoms with Crippen LogP contribution >= 0.6 is 0 Å². The Hall–Kier alpha value is -0.830. The zero-order valence-electron chi connectivity index (χ0n) is 24.4. The molecule has 200 valence electrons. The van der Waals surface area contributed by atoms with Crippen LogP contribution in [-0.4, -0.2) is 23.5 Å². The van der Waals surface area contributed by atoms with Gasteiger partial charge in [-0.05, 0) is 117 Å². The third-order valence-electron chi connectivity index (χ3n) is 12.5. The second-order valence-electron chi connectivity index (χ2n) is 14.8. The van der Waals surface area contributed by atoms with Crippen molar-refractivity contribution in [1.82, 2.24) is 0 Å². The van der Waals surface area contributed by atoms with Crippen molar-refractivity contribution in [1.29, 1.82) is 0 Å². The number of hydrogen-bond donors (Lipinski definition) is 1. The molecule has 3 nitrogen and oxygen atoms in total. The number of oxime groups is 1. The van der Waals surface area contributed by atoms with E-state index in [4.69, 9.17) is 4.84 Å². The number of hydrogen-bond acceptors (Lipinski definition) is 3. The molecule has 35 heavy (non-hydrogen) atoms. The van der Waals surface area contributed by atoms with Crippen LogP contribution in [-0.2, 0) is 4.84 Å². The van der Waals surface area contributed by atoms with E-state index in [-0.39, 0.29) is 5.41 Å². The lowest BCUT2D eigenvalue weighted by Gasteiger charge is -2.69. The third-order valence-corrected chi connectivity index (χ3v) is 12.5. The van der Waals surface area contributed by atoms with Crippen LogP contribution in [0.3, 0.4) is 0 Å². The molecule has 1 N–H and O–H groups in total. The van der Waals surface area contributed by atoms with Gasteiger partial charge in [0.15, 0.2) is 0 Å². The van der Waals surface area contributed by atoms with E-state index in [0.717, 1.165) is 25.2 Å². The average molecular weight is 486 g/mol. The van der Waals surface area contributed by atoms with Gasteiger partial charge >= 0.3 is 0 Å². The zero-order chi connectivity index (χ0) is 25.9. The lowest BCUT2D eigenvalue weighted by Crippen LogP contribution is -2.63. The largest absolute Gasteiger partial charge is 0.399 e. The summed E-state index contributed by atoms with van der Waals surface area (Å²) in [6.07, 6.45) is 16.5. The van der Waals surface area contributed by atoms with Crippen molar-refractivity contribution in [3.8, 4) is 0 Å². The molecular weight excluding hydrogens is 430 g/mol. The van der Waals surface area contributed by atoms with Gasteiger partial charge in [-0.1, -0.05) is 65.8 Å². The van der Waals surface area contributed by atoms with Crippen LogP contribution < -0.4 is 0 Å². The van der Waals surface area contributed by atoms with Crippen LogP contribution in [0.2, 0.25) is 0 Å². The lowest BCUT2D eigenvalue weighted by molar-refractivity contribution is -0.195. The van der Waals surface area contributed by atoms with E-state index in [2.05, 4.69) is 72.7 Å². The molecule has 4 aliphatic rings. The maximum Gasteiger partial charge on any atom is 0.106 e. The van der Waals surface area contributed by atoms with E-state index in [9.17, 15) is 5.11 Å². The van der Waals surface area contributed by atoms with Crippen LogP contribution in [0.5, 0.6) is 0 Å². The Bertz CT molecular complexity index is 841. The summed E-state index contributed by atoms with van der Waals surface area (Å²) in [5.41, 5.74) is 1.86. The second kappa shape index (κ2) is 9.17. The van der Waals surface area contributed by atoms with Crippen LogP contribution in [0.15, 0.2) is 17.3 Å². The predicted octanol–water partition coefficient (Wildman–Crippen LogP) is 8.42. The fraction of sp³-hybridized carbons (Fsp3) is 0.906. The fourth-order valence-electron chi connectivity index (χ4n) is 10.5.